The second kappa shape index (κ2) is 9.62. The first-order valence-corrected chi connectivity index (χ1v) is 6.90. The van der Waals surface area contributed by atoms with Crippen molar-refractivity contribution in [2.24, 2.45) is 0 Å². The molecule has 0 aliphatic carbocycles. The Hall–Kier alpha value is -0.290. The van der Waals surface area contributed by atoms with Gasteiger partial charge in [-0.25, -0.2) is 0 Å². The molecule has 0 aliphatic rings. The van der Waals surface area contributed by atoms with Crippen molar-refractivity contribution in [2.45, 2.75) is 77.1 Å². The highest BCUT2D eigenvalue weighted by atomic mass is 19.4. The molecule has 0 aromatic heterocycles. The Bertz CT molecular complexity index is 197. The quantitative estimate of drug-likeness (QED) is 0.593. The smallest absolute Gasteiger partial charge is 0.382 e. The van der Waals surface area contributed by atoms with Gasteiger partial charge in [-0.3, -0.25) is 0 Å². The van der Waals surface area contributed by atoms with E-state index in [9.17, 15) is 13.2 Å². The lowest BCUT2D eigenvalue weighted by molar-refractivity contribution is -0.202. The third-order valence-corrected chi connectivity index (χ3v) is 3.04. The summed E-state index contributed by atoms with van der Waals surface area (Å²) in [5.74, 6) is 0. The van der Waals surface area contributed by atoms with Gasteiger partial charge in [-0.2, -0.15) is 13.2 Å². The van der Waals surface area contributed by atoms with Crippen molar-refractivity contribution in [3.63, 3.8) is 0 Å². The minimum atomic E-state index is -4.52. The molecule has 2 nitrogen and oxygen atoms in total. The average Bonchev–Trinajstić information content (AvgIpc) is 2.30. The fourth-order valence-electron chi connectivity index (χ4n) is 1.83. The molecular formula is C13H26F3NO. The Morgan fingerprint density at radius 3 is 2.06 bits per heavy atom. The van der Waals surface area contributed by atoms with Crippen molar-refractivity contribution < 1.29 is 18.3 Å². The van der Waals surface area contributed by atoms with E-state index in [1.54, 1.807) is 0 Å². The highest BCUT2D eigenvalue weighted by Crippen LogP contribution is 2.20. The summed E-state index contributed by atoms with van der Waals surface area (Å²) in [6.45, 7) is 3.76. The van der Waals surface area contributed by atoms with Gasteiger partial charge < -0.3 is 10.4 Å². The summed E-state index contributed by atoms with van der Waals surface area (Å²) < 4.78 is 36.5. The van der Waals surface area contributed by atoms with Crippen LogP contribution in [-0.2, 0) is 0 Å². The predicted octanol–water partition coefficient (Wildman–Crippen LogP) is 3.64. The zero-order valence-corrected chi connectivity index (χ0v) is 11.4. The van der Waals surface area contributed by atoms with Gasteiger partial charge in [0.2, 0.25) is 0 Å². The Morgan fingerprint density at radius 2 is 1.56 bits per heavy atom. The fraction of sp³-hybridized carbons (Fsp3) is 1.00. The monoisotopic (exact) mass is 269 g/mol. The normalized spacial score (nSPS) is 15.7. The van der Waals surface area contributed by atoms with E-state index in [0.717, 1.165) is 44.9 Å². The maximum absolute atomic E-state index is 12.2. The lowest BCUT2D eigenvalue weighted by Crippen LogP contribution is -2.42. The van der Waals surface area contributed by atoms with E-state index in [4.69, 9.17) is 5.11 Å². The molecule has 0 saturated heterocycles. The predicted molar refractivity (Wildman–Crippen MR) is 67.5 cm³/mol. The van der Waals surface area contributed by atoms with Crippen LogP contribution in [0.3, 0.4) is 0 Å². The van der Waals surface area contributed by atoms with E-state index in [0.29, 0.717) is 0 Å². The maximum atomic E-state index is 12.2. The van der Waals surface area contributed by atoms with E-state index in [2.05, 4.69) is 19.2 Å². The molecule has 0 aromatic rings. The molecule has 0 saturated carbocycles. The first-order valence-electron chi connectivity index (χ1n) is 6.90. The maximum Gasteiger partial charge on any atom is 0.415 e. The Labute approximate surface area is 108 Å². The number of hydrogen-bond acceptors (Lipinski definition) is 2. The van der Waals surface area contributed by atoms with E-state index in [1.165, 1.54) is 0 Å². The minimum absolute atomic E-state index is 0.0912. The van der Waals surface area contributed by atoms with Crippen molar-refractivity contribution in [2.75, 3.05) is 6.54 Å². The van der Waals surface area contributed by atoms with Gasteiger partial charge in [0.15, 0.2) is 6.10 Å². The van der Waals surface area contributed by atoms with E-state index in [-0.39, 0.29) is 6.04 Å². The van der Waals surface area contributed by atoms with Crippen molar-refractivity contribution in [3.8, 4) is 0 Å². The van der Waals surface area contributed by atoms with E-state index >= 15 is 0 Å². The molecule has 0 spiro atoms. The van der Waals surface area contributed by atoms with Gasteiger partial charge in [0.05, 0.1) is 0 Å². The summed E-state index contributed by atoms with van der Waals surface area (Å²) in [6.07, 6.45) is 0.264. The molecule has 0 aliphatic heterocycles. The second-order valence-corrected chi connectivity index (χ2v) is 4.80. The molecule has 18 heavy (non-hydrogen) atoms. The van der Waals surface area contributed by atoms with Crippen LogP contribution in [0, 0.1) is 0 Å². The summed E-state index contributed by atoms with van der Waals surface area (Å²) in [7, 11) is 0. The van der Waals surface area contributed by atoms with E-state index in [1.807, 2.05) is 0 Å². The molecule has 2 N–H and O–H groups in total. The van der Waals surface area contributed by atoms with Crippen LogP contribution in [0.15, 0.2) is 0 Å². The minimum Gasteiger partial charge on any atom is -0.382 e. The summed E-state index contributed by atoms with van der Waals surface area (Å²) in [6, 6.07) is 0.0912. The topological polar surface area (TPSA) is 32.3 Å². The molecular weight excluding hydrogens is 243 g/mol. The average molecular weight is 269 g/mol. The molecule has 1 unspecified atom stereocenters. The third-order valence-electron chi connectivity index (χ3n) is 3.04. The van der Waals surface area contributed by atoms with Crippen LogP contribution in [0.25, 0.3) is 0 Å². The zero-order valence-electron chi connectivity index (χ0n) is 11.4. The lowest BCUT2D eigenvalue weighted by Gasteiger charge is -2.22. The van der Waals surface area contributed by atoms with E-state index < -0.39 is 18.8 Å². The van der Waals surface area contributed by atoms with Gasteiger partial charge >= 0.3 is 6.18 Å². The van der Waals surface area contributed by atoms with Crippen LogP contribution in [0.2, 0.25) is 0 Å². The number of halogens is 3. The first-order chi connectivity index (χ1) is 8.41. The Kier molecular flexibility index (Phi) is 9.46. The van der Waals surface area contributed by atoms with Gasteiger partial charge in [0.25, 0.3) is 0 Å². The number of hydrogen-bond donors (Lipinski definition) is 2. The molecule has 110 valence electrons. The summed E-state index contributed by atoms with van der Waals surface area (Å²) in [5.41, 5.74) is 0. The van der Waals surface area contributed by atoms with Gasteiger partial charge in [-0.1, -0.05) is 46.0 Å². The second-order valence-electron chi connectivity index (χ2n) is 4.80. The zero-order chi connectivity index (χ0) is 14.0. The standard InChI is InChI=1S/C13H26F3NO/c1-3-5-7-9-11(8-6-4-2)17-10-12(18)13(14,15)16/h11-12,17-18H,3-10H2,1-2H3/t11?,12-/m1/s1. The van der Waals surface area contributed by atoms with Crippen LogP contribution in [-0.4, -0.2) is 30.0 Å². The molecule has 0 heterocycles. The van der Waals surface area contributed by atoms with Crippen molar-refractivity contribution in [1.29, 1.82) is 0 Å². The van der Waals surface area contributed by atoms with Crippen LogP contribution in [0.1, 0.15) is 58.8 Å². The molecule has 0 aromatic carbocycles. The number of nitrogens with one attached hydrogen (secondary N) is 1. The molecule has 0 rings (SSSR count). The largest absolute Gasteiger partial charge is 0.415 e. The number of aliphatic hydroxyl groups is 1. The highest BCUT2D eigenvalue weighted by Gasteiger charge is 2.37. The van der Waals surface area contributed by atoms with Crippen molar-refractivity contribution in [3.05, 3.63) is 0 Å². The number of rotatable bonds is 10. The first kappa shape index (κ1) is 17.7. The Morgan fingerprint density at radius 1 is 1.00 bits per heavy atom. The van der Waals surface area contributed by atoms with Gasteiger partial charge in [-0.15, -0.1) is 0 Å². The highest BCUT2D eigenvalue weighted by molar-refractivity contribution is 4.73. The molecule has 0 radical (unpaired) electrons. The van der Waals surface area contributed by atoms with Crippen LogP contribution < -0.4 is 5.32 Å². The fourth-order valence-corrected chi connectivity index (χ4v) is 1.83. The number of aliphatic hydroxyl groups excluding tert-OH is 1. The van der Waals surface area contributed by atoms with Gasteiger partial charge in [-0.05, 0) is 12.8 Å². The SMILES string of the molecule is CCCCCC(CCCC)NC[C@@H](O)C(F)(F)F. The van der Waals surface area contributed by atoms with Crippen molar-refractivity contribution in [1.82, 2.24) is 5.32 Å². The summed E-state index contributed by atoms with van der Waals surface area (Å²) in [4.78, 5) is 0. The third kappa shape index (κ3) is 8.75. The summed E-state index contributed by atoms with van der Waals surface area (Å²) in [5, 5.41) is 11.8. The number of alkyl halides is 3. The molecule has 0 bridgehead atoms. The Balaban J connectivity index is 3.98. The van der Waals surface area contributed by atoms with Gasteiger partial charge in [0.1, 0.15) is 0 Å². The molecule has 0 amide bonds. The molecule has 0 fully saturated rings. The molecule has 5 heteroatoms. The van der Waals surface area contributed by atoms with Crippen LogP contribution in [0.5, 0.6) is 0 Å². The van der Waals surface area contributed by atoms with Gasteiger partial charge in [0, 0.05) is 12.6 Å². The lowest BCUT2D eigenvalue weighted by atomic mass is 10.0. The van der Waals surface area contributed by atoms with Crippen LogP contribution >= 0.6 is 0 Å². The van der Waals surface area contributed by atoms with Crippen LogP contribution in [0.4, 0.5) is 13.2 Å². The summed E-state index contributed by atoms with van der Waals surface area (Å²) >= 11 is 0. The number of unbranched alkanes of at least 4 members (excludes halogenated alkanes) is 3. The molecule has 2 atom stereocenters. The van der Waals surface area contributed by atoms with Crippen molar-refractivity contribution >= 4 is 0 Å².